The Kier molecular flexibility index (Phi) is 4.09. The summed E-state index contributed by atoms with van der Waals surface area (Å²) < 4.78 is 6.86. The summed E-state index contributed by atoms with van der Waals surface area (Å²) in [5.41, 5.74) is 2.36. The summed E-state index contributed by atoms with van der Waals surface area (Å²) in [4.78, 5) is 32.5. The number of aromatic amines is 1. The van der Waals surface area contributed by atoms with Gasteiger partial charge in [0.15, 0.2) is 5.76 Å². The van der Waals surface area contributed by atoms with Crippen LogP contribution in [0.15, 0.2) is 64.0 Å². The van der Waals surface area contributed by atoms with Crippen molar-refractivity contribution in [2.45, 2.75) is 19.3 Å². The molecule has 1 aromatic carbocycles. The standard InChI is InChI=1S/C21H17N5O3/c27-19(13-6-2-1-3-7-13)23-18-12-16(17-10-5-11-29-17)25-26(18)21-22-15-9-4-8-14(15)20(28)24-21/h1-3,5-7,10-12H,4,8-9H2,(H,23,27)(H,22,24,28). The number of anilines is 1. The van der Waals surface area contributed by atoms with Gasteiger partial charge in [-0.3, -0.25) is 14.6 Å². The van der Waals surface area contributed by atoms with Crippen molar-refractivity contribution < 1.29 is 9.21 Å². The van der Waals surface area contributed by atoms with Gasteiger partial charge < -0.3 is 9.73 Å². The molecule has 0 radical (unpaired) electrons. The van der Waals surface area contributed by atoms with E-state index in [0.29, 0.717) is 22.8 Å². The Hall–Kier alpha value is -3.94. The zero-order valence-corrected chi connectivity index (χ0v) is 15.4. The second-order valence-corrected chi connectivity index (χ2v) is 6.79. The van der Waals surface area contributed by atoms with Gasteiger partial charge in [-0.15, -0.1) is 0 Å². The lowest BCUT2D eigenvalue weighted by Crippen LogP contribution is -2.21. The average molecular weight is 387 g/mol. The van der Waals surface area contributed by atoms with Crippen molar-refractivity contribution in [2.24, 2.45) is 0 Å². The molecule has 0 spiro atoms. The zero-order valence-electron chi connectivity index (χ0n) is 15.4. The number of aromatic nitrogens is 4. The number of rotatable bonds is 4. The Morgan fingerprint density at radius 3 is 2.79 bits per heavy atom. The molecule has 0 aliphatic heterocycles. The highest BCUT2D eigenvalue weighted by Gasteiger charge is 2.21. The van der Waals surface area contributed by atoms with Crippen LogP contribution in [0.4, 0.5) is 5.82 Å². The van der Waals surface area contributed by atoms with Crippen molar-refractivity contribution in [2.75, 3.05) is 5.32 Å². The second kappa shape index (κ2) is 6.90. The van der Waals surface area contributed by atoms with Gasteiger partial charge in [-0.1, -0.05) is 18.2 Å². The lowest BCUT2D eigenvalue weighted by Gasteiger charge is -2.09. The van der Waals surface area contributed by atoms with Gasteiger partial charge in [0.2, 0.25) is 5.95 Å². The molecule has 8 nitrogen and oxygen atoms in total. The van der Waals surface area contributed by atoms with Crippen molar-refractivity contribution in [3.63, 3.8) is 0 Å². The van der Waals surface area contributed by atoms with Crippen LogP contribution in [-0.2, 0) is 12.8 Å². The number of hydrogen-bond acceptors (Lipinski definition) is 5. The number of amides is 1. The highest BCUT2D eigenvalue weighted by Crippen LogP contribution is 2.25. The second-order valence-electron chi connectivity index (χ2n) is 6.79. The zero-order chi connectivity index (χ0) is 19.8. The summed E-state index contributed by atoms with van der Waals surface area (Å²) in [6.07, 6.45) is 3.94. The van der Waals surface area contributed by atoms with Gasteiger partial charge in [0.05, 0.1) is 12.0 Å². The summed E-state index contributed by atoms with van der Waals surface area (Å²) in [5.74, 6) is 0.895. The number of fused-ring (bicyclic) bond motifs is 1. The topological polar surface area (TPSA) is 106 Å². The third-order valence-corrected chi connectivity index (χ3v) is 4.89. The van der Waals surface area contributed by atoms with E-state index in [1.807, 2.05) is 6.07 Å². The van der Waals surface area contributed by atoms with Crippen molar-refractivity contribution in [3.8, 4) is 17.4 Å². The number of carbonyl (C=O) groups is 1. The van der Waals surface area contributed by atoms with Crippen LogP contribution in [0.2, 0.25) is 0 Å². The van der Waals surface area contributed by atoms with E-state index in [1.165, 1.54) is 4.68 Å². The van der Waals surface area contributed by atoms with Gasteiger partial charge in [0.25, 0.3) is 11.5 Å². The summed E-state index contributed by atoms with van der Waals surface area (Å²) in [7, 11) is 0. The van der Waals surface area contributed by atoms with Gasteiger partial charge in [-0.2, -0.15) is 9.78 Å². The van der Waals surface area contributed by atoms with Gasteiger partial charge in [-0.25, -0.2) is 4.98 Å². The Morgan fingerprint density at radius 1 is 1.14 bits per heavy atom. The number of carbonyl (C=O) groups excluding carboxylic acids is 1. The van der Waals surface area contributed by atoms with E-state index in [2.05, 4.69) is 20.4 Å². The smallest absolute Gasteiger partial charge is 0.256 e. The normalized spacial score (nSPS) is 12.7. The number of nitrogens with one attached hydrogen (secondary N) is 2. The first-order valence-corrected chi connectivity index (χ1v) is 9.32. The maximum absolute atomic E-state index is 12.7. The third-order valence-electron chi connectivity index (χ3n) is 4.89. The fourth-order valence-corrected chi connectivity index (χ4v) is 3.48. The predicted octanol–water partition coefficient (Wildman–Crippen LogP) is 2.96. The predicted molar refractivity (Wildman–Crippen MR) is 106 cm³/mol. The van der Waals surface area contributed by atoms with Crippen LogP contribution in [0, 0.1) is 0 Å². The van der Waals surface area contributed by atoms with Crippen LogP contribution < -0.4 is 10.9 Å². The number of H-pyrrole nitrogens is 1. The molecular weight excluding hydrogens is 370 g/mol. The summed E-state index contributed by atoms with van der Waals surface area (Å²) >= 11 is 0. The number of aryl methyl sites for hydroxylation is 1. The van der Waals surface area contributed by atoms with Crippen molar-refractivity contribution in [3.05, 3.63) is 82.0 Å². The molecule has 0 unspecified atom stereocenters. The highest BCUT2D eigenvalue weighted by molar-refractivity contribution is 6.04. The quantitative estimate of drug-likeness (QED) is 0.560. The first-order valence-electron chi connectivity index (χ1n) is 9.32. The van der Waals surface area contributed by atoms with Crippen LogP contribution in [0.3, 0.4) is 0 Å². The summed E-state index contributed by atoms with van der Waals surface area (Å²) in [6, 6.07) is 14.1. The molecule has 1 aliphatic rings. The van der Waals surface area contributed by atoms with E-state index < -0.39 is 0 Å². The van der Waals surface area contributed by atoms with Gasteiger partial charge in [0.1, 0.15) is 11.5 Å². The van der Waals surface area contributed by atoms with Gasteiger partial charge >= 0.3 is 0 Å². The van der Waals surface area contributed by atoms with E-state index in [0.717, 1.165) is 30.5 Å². The van der Waals surface area contributed by atoms with Crippen molar-refractivity contribution in [1.29, 1.82) is 0 Å². The van der Waals surface area contributed by atoms with Gasteiger partial charge in [-0.05, 0) is 43.5 Å². The maximum Gasteiger partial charge on any atom is 0.256 e. The Balaban J connectivity index is 1.60. The molecule has 0 atom stereocenters. The molecular formula is C21H17N5O3. The Bertz CT molecular complexity index is 1240. The number of hydrogen-bond donors (Lipinski definition) is 2. The number of benzene rings is 1. The monoisotopic (exact) mass is 387 g/mol. The van der Waals surface area contributed by atoms with E-state index in [9.17, 15) is 9.59 Å². The van der Waals surface area contributed by atoms with Crippen LogP contribution in [0.25, 0.3) is 17.4 Å². The third kappa shape index (κ3) is 3.14. The van der Waals surface area contributed by atoms with Crippen LogP contribution >= 0.6 is 0 Å². The lowest BCUT2D eigenvalue weighted by atomic mass is 10.2. The Morgan fingerprint density at radius 2 is 2.00 bits per heavy atom. The molecule has 2 N–H and O–H groups in total. The molecule has 1 aliphatic carbocycles. The van der Waals surface area contributed by atoms with Crippen LogP contribution in [0.5, 0.6) is 0 Å². The minimum Gasteiger partial charge on any atom is -0.463 e. The molecule has 8 heteroatoms. The van der Waals surface area contributed by atoms with E-state index in [-0.39, 0.29) is 17.4 Å². The van der Waals surface area contributed by atoms with Crippen molar-refractivity contribution in [1.82, 2.24) is 19.7 Å². The fraction of sp³-hybridized carbons (Fsp3) is 0.143. The first-order chi connectivity index (χ1) is 14.2. The molecule has 144 valence electrons. The SMILES string of the molecule is O=C(Nc1cc(-c2ccco2)nn1-c1nc2c(c(=O)[nH]1)CCC2)c1ccccc1. The average Bonchev–Trinajstić information content (AvgIpc) is 3.49. The minimum atomic E-state index is -0.291. The molecule has 3 heterocycles. The molecule has 4 aromatic rings. The maximum atomic E-state index is 12.7. The lowest BCUT2D eigenvalue weighted by molar-refractivity contribution is 0.102. The molecule has 0 bridgehead atoms. The molecule has 3 aromatic heterocycles. The molecule has 5 rings (SSSR count). The molecule has 29 heavy (non-hydrogen) atoms. The summed E-state index contributed by atoms with van der Waals surface area (Å²) in [5, 5.41) is 7.36. The van der Waals surface area contributed by atoms with E-state index in [1.54, 1.807) is 48.7 Å². The van der Waals surface area contributed by atoms with Crippen molar-refractivity contribution >= 4 is 11.7 Å². The largest absolute Gasteiger partial charge is 0.463 e. The fourth-order valence-electron chi connectivity index (χ4n) is 3.48. The molecule has 0 saturated heterocycles. The van der Waals surface area contributed by atoms with E-state index in [4.69, 9.17) is 4.42 Å². The molecule has 0 saturated carbocycles. The number of furan rings is 1. The minimum absolute atomic E-state index is 0.169. The first kappa shape index (κ1) is 17.2. The molecule has 1 amide bonds. The van der Waals surface area contributed by atoms with E-state index >= 15 is 0 Å². The number of nitrogens with zero attached hydrogens (tertiary/aromatic N) is 3. The highest BCUT2D eigenvalue weighted by atomic mass is 16.3. The summed E-state index contributed by atoms with van der Waals surface area (Å²) in [6.45, 7) is 0. The molecule has 0 fully saturated rings. The van der Waals surface area contributed by atoms with Crippen LogP contribution in [0.1, 0.15) is 28.0 Å². The van der Waals surface area contributed by atoms with Gasteiger partial charge in [0, 0.05) is 17.2 Å². The van der Waals surface area contributed by atoms with Crippen LogP contribution in [-0.4, -0.2) is 25.7 Å². The Labute approximate surface area is 165 Å².